The number of likely N-dealkylation sites (tertiary alicyclic amines) is 1. The Balaban J connectivity index is 1.59. The minimum absolute atomic E-state index is 0.0137. The molecule has 1 saturated heterocycles. The van der Waals surface area contributed by atoms with Crippen LogP contribution in [0, 0.1) is 5.92 Å². The van der Waals surface area contributed by atoms with E-state index in [1.807, 2.05) is 18.2 Å². The van der Waals surface area contributed by atoms with E-state index in [4.69, 9.17) is 9.47 Å². The summed E-state index contributed by atoms with van der Waals surface area (Å²) < 4.78 is 9.94. The van der Waals surface area contributed by atoms with Crippen LogP contribution in [0.1, 0.15) is 12.8 Å². The van der Waals surface area contributed by atoms with Crippen LogP contribution in [0.5, 0.6) is 5.75 Å². The number of tetrazole rings is 1. The summed E-state index contributed by atoms with van der Waals surface area (Å²) in [6.07, 6.45) is 1.22. The van der Waals surface area contributed by atoms with E-state index < -0.39 is 0 Å². The number of rotatable bonds is 5. The molecular formula is C17H21N5O4. The highest BCUT2D eigenvalue weighted by atomic mass is 16.5. The number of esters is 1. The number of carbonyl (C=O) groups is 2. The van der Waals surface area contributed by atoms with Gasteiger partial charge in [0.15, 0.2) is 0 Å². The normalized spacial score (nSPS) is 14.9. The van der Waals surface area contributed by atoms with Crippen LogP contribution in [0.25, 0.3) is 11.4 Å². The Morgan fingerprint density at radius 2 is 2.00 bits per heavy atom. The molecule has 2 heterocycles. The van der Waals surface area contributed by atoms with Crippen LogP contribution >= 0.6 is 0 Å². The summed E-state index contributed by atoms with van der Waals surface area (Å²) >= 11 is 0. The molecule has 0 saturated carbocycles. The number of methoxy groups -OCH3 is 2. The van der Waals surface area contributed by atoms with Gasteiger partial charge in [-0.2, -0.15) is 4.80 Å². The van der Waals surface area contributed by atoms with Crippen molar-refractivity contribution in [3.63, 3.8) is 0 Å². The van der Waals surface area contributed by atoms with Crippen molar-refractivity contribution in [2.75, 3.05) is 27.3 Å². The molecule has 0 atom stereocenters. The molecule has 1 aromatic carbocycles. The first-order valence-electron chi connectivity index (χ1n) is 8.38. The maximum absolute atomic E-state index is 12.4. The molecular weight excluding hydrogens is 338 g/mol. The van der Waals surface area contributed by atoms with E-state index in [0.29, 0.717) is 37.5 Å². The van der Waals surface area contributed by atoms with Crippen LogP contribution in [0.4, 0.5) is 0 Å². The highest BCUT2D eigenvalue weighted by molar-refractivity contribution is 5.77. The molecule has 138 valence electrons. The summed E-state index contributed by atoms with van der Waals surface area (Å²) in [5, 5.41) is 12.2. The molecule has 0 unspecified atom stereocenters. The maximum Gasteiger partial charge on any atom is 0.308 e. The topological polar surface area (TPSA) is 99.4 Å². The van der Waals surface area contributed by atoms with Gasteiger partial charge in [0.2, 0.25) is 11.7 Å². The van der Waals surface area contributed by atoms with Gasteiger partial charge in [-0.05, 0) is 30.2 Å². The van der Waals surface area contributed by atoms with E-state index in [-0.39, 0.29) is 24.3 Å². The largest absolute Gasteiger partial charge is 0.497 e. The van der Waals surface area contributed by atoms with Crippen LogP contribution in [-0.4, -0.2) is 64.3 Å². The highest BCUT2D eigenvalue weighted by Crippen LogP contribution is 2.20. The summed E-state index contributed by atoms with van der Waals surface area (Å²) in [5.41, 5.74) is 0.766. The van der Waals surface area contributed by atoms with Gasteiger partial charge in [0.05, 0.1) is 20.1 Å². The average molecular weight is 359 g/mol. The molecule has 1 aromatic heterocycles. The van der Waals surface area contributed by atoms with Crippen LogP contribution in [0.15, 0.2) is 24.3 Å². The summed E-state index contributed by atoms with van der Waals surface area (Å²) in [7, 11) is 2.97. The molecule has 1 aliphatic rings. The molecule has 9 nitrogen and oxygen atoms in total. The first-order valence-corrected chi connectivity index (χ1v) is 8.38. The van der Waals surface area contributed by atoms with E-state index in [1.54, 1.807) is 18.1 Å². The molecule has 0 spiro atoms. The Bertz CT molecular complexity index is 783. The van der Waals surface area contributed by atoms with Crippen molar-refractivity contribution in [3.05, 3.63) is 24.3 Å². The third kappa shape index (κ3) is 3.98. The molecule has 3 rings (SSSR count). The quantitative estimate of drug-likeness (QED) is 0.727. The van der Waals surface area contributed by atoms with E-state index in [2.05, 4.69) is 15.4 Å². The fraction of sp³-hybridized carbons (Fsp3) is 0.471. The van der Waals surface area contributed by atoms with Crippen molar-refractivity contribution in [3.8, 4) is 17.1 Å². The Kier molecular flexibility index (Phi) is 5.45. The number of ether oxygens (including phenoxy) is 2. The van der Waals surface area contributed by atoms with E-state index in [1.165, 1.54) is 11.9 Å². The molecule has 0 N–H and O–H groups in total. The summed E-state index contributed by atoms with van der Waals surface area (Å²) in [4.78, 5) is 27.0. The van der Waals surface area contributed by atoms with Crippen molar-refractivity contribution in [1.82, 2.24) is 25.1 Å². The van der Waals surface area contributed by atoms with Gasteiger partial charge in [-0.3, -0.25) is 9.59 Å². The zero-order chi connectivity index (χ0) is 18.5. The zero-order valence-corrected chi connectivity index (χ0v) is 14.8. The van der Waals surface area contributed by atoms with Crippen molar-refractivity contribution in [2.45, 2.75) is 19.4 Å². The molecule has 9 heteroatoms. The number of piperidine rings is 1. The monoisotopic (exact) mass is 359 g/mol. The van der Waals surface area contributed by atoms with Gasteiger partial charge < -0.3 is 14.4 Å². The summed E-state index contributed by atoms with van der Waals surface area (Å²) in [6.45, 7) is 1.06. The van der Waals surface area contributed by atoms with Crippen LogP contribution in [0.2, 0.25) is 0 Å². The van der Waals surface area contributed by atoms with E-state index >= 15 is 0 Å². The molecule has 1 amide bonds. The first kappa shape index (κ1) is 17.8. The number of nitrogens with zero attached hydrogens (tertiary/aromatic N) is 5. The third-order valence-electron chi connectivity index (χ3n) is 4.44. The number of amides is 1. The minimum atomic E-state index is -0.210. The zero-order valence-electron chi connectivity index (χ0n) is 14.8. The molecule has 1 fully saturated rings. The summed E-state index contributed by atoms with van der Waals surface area (Å²) in [6, 6.07) is 7.32. The lowest BCUT2D eigenvalue weighted by Crippen LogP contribution is -2.42. The maximum atomic E-state index is 12.4. The van der Waals surface area contributed by atoms with Gasteiger partial charge in [-0.25, -0.2) is 0 Å². The van der Waals surface area contributed by atoms with Crippen LogP contribution in [0.3, 0.4) is 0 Å². The fourth-order valence-electron chi connectivity index (χ4n) is 2.94. The van der Waals surface area contributed by atoms with Gasteiger partial charge in [-0.1, -0.05) is 12.1 Å². The molecule has 1 aliphatic heterocycles. The Labute approximate surface area is 150 Å². The van der Waals surface area contributed by atoms with E-state index in [9.17, 15) is 9.59 Å². The lowest BCUT2D eigenvalue weighted by Gasteiger charge is -2.30. The predicted molar refractivity (Wildman–Crippen MR) is 91.1 cm³/mol. The Morgan fingerprint density at radius 1 is 1.23 bits per heavy atom. The van der Waals surface area contributed by atoms with Gasteiger partial charge in [0.25, 0.3) is 0 Å². The predicted octanol–water partition coefficient (Wildman–Crippen LogP) is 0.760. The number of hydrogen-bond acceptors (Lipinski definition) is 7. The Hall–Kier alpha value is -2.97. The highest BCUT2D eigenvalue weighted by Gasteiger charge is 2.28. The second-order valence-corrected chi connectivity index (χ2v) is 6.05. The summed E-state index contributed by atoms with van der Waals surface area (Å²) in [5.74, 6) is 0.693. The third-order valence-corrected chi connectivity index (χ3v) is 4.44. The molecule has 0 bridgehead atoms. The fourth-order valence-corrected chi connectivity index (χ4v) is 2.94. The second-order valence-electron chi connectivity index (χ2n) is 6.05. The van der Waals surface area contributed by atoms with E-state index in [0.717, 1.165) is 5.56 Å². The molecule has 26 heavy (non-hydrogen) atoms. The minimum Gasteiger partial charge on any atom is -0.497 e. The SMILES string of the molecule is COC(=O)C1CCN(C(=O)Cn2nnc(-c3cccc(OC)c3)n2)CC1. The number of benzene rings is 1. The standard InChI is InChI=1S/C17H21N5O4/c1-25-14-5-3-4-13(10-14)16-18-20-22(19-16)11-15(23)21-8-6-12(7-9-21)17(24)26-2/h3-5,10,12H,6-9,11H2,1-2H3. The molecule has 2 aromatic rings. The van der Waals surface area contributed by atoms with Crippen LogP contribution in [-0.2, 0) is 20.9 Å². The molecule has 0 radical (unpaired) electrons. The van der Waals surface area contributed by atoms with Crippen molar-refractivity contribution < 1.29 is 19.1 Å². The first-order chi connectivity index (χ1) is 12.6. The van der Waals surface area contributed by atoms with Gasteiger partial charge in [-0.15, -0.1) is 10.2 Å². The number of carbonyl (C=O) groups excluding carboxylic acids is 2. The van der Waals surface area contributed by atoms with Crippen molar-refractivity contribution >= 4 is 11.9 Å². The number of hydrogen-bond donors (Lipinski definition) is 0. The van der Waals surface area contributed by atoms with Gasteiger partial charge in [0.1, 0.15) is 12.3 Å². The lowest BCUT2D eigenvalue weighted by atomic mass is 9.97. The van der Waals surface area contributed by atoms with Crippen LogP contribution < -0.4 is 4.74 Å². The Morgan fingerprint density at radius 3 is 2.69 bits per heavy atom. The smallest absolute Gasteiger partial charge is 0.308 e. The average Bonchev–Trinajstić information content (AvgIpc) is 3.16. The molecule has 0 aliphatic carbocycles. The number of aromatic nitrogens is 4. The van der Waals surface area contributed by atoms with Gasteiger partial charge in [0, 0.05) is 18.7 Å². The van der Waals surface area contributed by atoms with Crippen molar-refractivity contribution in [2.24, 2.45) is 5.92 Å². The van der Waals surface area contributed by atoms with Gasteiger partial charge >= 0.3 is 5.97 Å². The van der Waals surface area contributed by atoms with Crippen molar-refractivity contribution in [1.29, 1.82) is 0 Å². The lowest BCUT2D eigenvalue weighted by molar-refractivity contribution is -0.149. The second kappa shape index (κ2) is 7.94.